The highest BCUT2D eigenvalue weighted by atomic mass is 15.2. The Morgan fingerprint density at radius 2 is 2.06 bits per heavy atom. The standard InChI is InChI=1S/C14H26N4/c1-17(2)14(7-5-4-6-8-14)12(15)11-13-16-9-10-18(13)3/h9-10,12H,4-8,11,15H2,1-3H3. The Hall–Kier alpha value is -0.870. The molecule has 2 rings (SSSR count). The SMILES string of the molecule is CN(C)C1(C(N)Cc2nccn2C)CCCCC1. The second-order valence-electron chi connectivity index (χ2n) is 5.82. The molecule has 18 heavy (non-hydrogen) atoms. The molecule has 1 aliphatic carbocycles. The van der Waals surface area contributed by atoms with Crippen LogP contribution in [0.5, 0.6) is 0 Å². The number of imidazole rings is 1. The van der Waals surface area contributed by atoms with Gasteiger partial charge in [0.2, 0.25) is 0 Å². The van der Waals surface area contributed by atoms with E-state index >= 15 is 0 Å². The molecule has 4 nitrogen and oxygen atoms in total. The summed E-state index contributed by atoms with van der Waals surface area (Å²) in [5.41, 5.74) is 6.71. The highest BCUT2D eigenvalue weighted by Gasteiger charge is 2.40. The fourth-order valence-corrected chi connectivity index (χ4v) is 3.29. The average molecular weight is 250 g/mol. The second kappa shape index (κ2) is 5.41. The zero-order valence-corrected chi connectivity index (χ0v) is 11.9. The maximum absolute atomic E-state index is 6.55. The van der Waals surface area contributed by atoms with Crippen LogP contribution in [0.25, 0.3) is 0 Å². The molecule has 0 aliphatic heterocycles. The number of likely N-dealkylation sites (N-methyl/N-ethyl adjacent to an activating group) is 1. The van der Waals surface area contributed by atoms with Crippen molar-refractivity contribution in [2.24, 2.45) is 12.8 Å². The summed E-state index contributed by atoms with van der Waals surface area (Å²) in [4.78, 5) is 6.75. The maximum Gasteiger partial charge on any atom is 0.109 e. The number of hydrogen-bond donors (Lipinski definition) is 1. The van der Waals surface area contributed by atoms with Crippen LogP contribution in [0.1, 0.15) is 37.9 Å². The fraction of sp³-hybridized carbons (Fsp3) is 0.786. The van der Waals surface area contributed by atoms with Gasteiger partial charge in [-0.1, -0.05) is 19.3 Å². The van der Waals surface area contributed by atoms with Crippen LogP contribution >= 0.6 is 0 Å². The molecule has 0 radical (unpaired) electrons. The monoisotopic (exact) mass is 250 g/mol. The first-order valence-corrected chi connectivity index (χ1v) is 6.95. The molecule has 1 unspecified atom stereocenters. The average Bonchev–Trinajstić information content (AvgIpc) is 2.75. The molecule has 1 aromatic heterocycles. The lowest BCUT2D eigenvalue weighted by molar-refractivity contribution is 0.0707. The highest BCUT2D eigenvalue weighted by molar-refractivity contribution is 5.04. The van der Waals surface area contributed by atoms with E-state index in [4.69, 9.17) is 5.73 Å². The summed E-state index contributed by atoms with van der Waals surface area (Å²) in [5, 5.41) is 0. The molecule has 1 aromatic rings. The van der Waals surface area contributed by atoms with E-state index in [1.54, 1.807) is 0 Å². The molecule has 1 saturated carbocycles. The highest BCUT2D eigenvalue weighted by Crippen LogP contribution is 2.35. The van der Waals surface area contributed by atoms with Crippen molar-refractivity contribution in [1.82, 2.24) is 14.5 Å². The van der Waals surface area contributed by atoms with Crippen molar-refractivity contribution in [3.05, 3.63) is 18.2 Å². The predicted octanol–water partition coefficient (Wildman–Crippen LogP) is 1.55. The topological polar surface area (TPSA) is 47.1 Å². The lowest BCUT2D eigenvalue weighted by Crippen LogP contribution is -2.59. The van der Waals surface area contributed by atoms with Gasteiger partial charge in [-0.25, -0.2) is 4.98 Å². The first-order chi connectivity index (χ1) is 8.56. The first-order valence-electron chi connectivity index (χ1n) is 6.95. The molecule has 0 amide bonds. The molecule has 0 saturated heterocycles. The largest absolute Gasteiger partial charge is 0.338 e. The summed E-state index contributed by atoms with van der Waals surface area (Å²) in [6, 6.07) is 0.161. The number of nitrogens with two attached hydrogens (primary N) is 1. The van der Waals surface area contributed by atoms with Crippen molar-refractivity contribution >= 4 is 0 Å². The van der Waals surface area contributed by atoms with E-state index in [0.29, 0.717) is 0 Å². The third kappa shape index (κ3) is 2.45. The Morgan fingerprint density at radius 1 is 1.39 bits per heavy atom. The minimum Gasteiger partial charge on any atom is -0.338 e. The number of aromatic nitrogens is 2. The number of nitrogens with zero attached hydrogens (tertiary/aromatic N) is 3. The number of rotatable bonds is 4. The van der Waals surface area contributed by atoms with Crippen LogP contribution in [0, 0.1) is 0 Å². The van der Waals surface area contributed by atoms with Gasteiger partial charge < -0.3 is 15.2 Å². The Bertz CT molecular complexity index is 377. The Morgan fingerprint density at radius 3 is 2.56 bits per heavy atom. The third-order valence-corrected chi connectivity index (χ3v) is 4.62. The van der Waals surface area contributed by atoms with Crippen molar-refractivity contribution in [1.29, 1.82) is 0 Å². The van der Waals surface area contributed by atoms with E-state index in [1.807, 2.05) is 19.4 Å². The summed E-state index contributed by atoms with van der Waals surface area (Å²) in [7, 11) is 6.38. The van der Waals surface area contributed by atoms with E-state index in [9.17, 15) is 0 Å². The number of aryl methyl sites for hydroxylation is 1. The van der Waals surface area contributed by atoms with E-state index < -0.39 is 0 Å². The van der Waals surface area contributed by atoms with Gasteiger partial charge in [0.25, 0.3) is 0 Å². The van der Waals surface area contributed by atoms with Crippen molar-refractivity contribution in [2.75, 3.05) is 14.1 Å². The third-order valence-electron chi connectivity index (χ3n) is 4.62. The Balaban J connectivity index is 2.13. The van der Waals surface area contributed by atoms with Crippen molar-refractivity contribution < 1.29 is 0 Å². The van der Waals surface area contributed by atoms with E-state index in [0.717, 1.165) is 12.2 Å². The van der Waals surface area contributed by atoms with Gasteiger partial charge in [-0.15, -0.1) is 0 Å². The quantitative estimate of drug-likeness (QED) is 0.882. The second-order valence-corrected chi connectivity index (χ2v) is 5.82. The normalized spacial score (nSPS) is 21.2. The van der Waals surface area contributed by atoms with Crippen LogP contribution < -0.4 is 5.73 Å². The molecule has 0 spiro atoms. The molecule has 1 aliphatic rings. The lowest BCUT2D eigenvalue weighted by atomic mass is 9.74. The summed E-state index contributed by atoms with van der Waals surface area (Å²) >= 11 is 0. The molecule has 2 N–H and O–H groups in total. The molecule has 0 bridgehead atoms. The van der Waals surface area contributed by atoms with Crippen molar-refractivity contribution in [3.8, 4) is 0 Å². The first kappa shape index (κ1) is 13.6. The molecule has 4 heteroatoms. The smallest absolute Gasteiger partial charge is 0.109 e. The van der Waals surface area contributed by atoms with Crippen molar-refractivity contribution in [2.45, 2.75) is 50.1 Å². The summed E-state index contributed by atoms with van der Waals surface area (Å²) in [5.74, 6) is 1.09. The summed E-state index contributed by atoms with van der Waals surface area (Å²) in [6.07, 6.45) is 11.1. The van der Waals surface area contributed by atoms with Gasteiger partial charge in [-0.3, -0.25) is 0 Å². The molecule has 102 valence electrons. The molecule has 1 heterocycles. The van der Waals surface area contributed by atoms with Crippen LogP contribution in [-0.2, 0) is 13.5 Å². The van der Waals surface area contributed by atoms with E-state index in [2.05, 4.69) is 28.5 Å². The zero-order valence-electron chi connectivity index (χ0n) is 11.9. The maximum atomic E-state index is 6.55. The van der Waals surface area contributed by atoms with Gasteiger partial charge in [0.1, 0.15) is 5.82 Å². The minimum absolute atomic E-state index is 0.157. The predicted molar refractivity (Wildman–Crippen MR) is 74.4 cm³/mol. The zero-order chi connectivity index (χ0) is 13.2. The van der Waals surface area contributed by atoms with E-state index in [-0.39, 0.29) is 11.6 Å². The molecule has 1 fully saturated rings. The molecule has 1 atom stereocenters. The number of hydrogen-bond acceptors (Lipinski definition) is 3. The van der Waals surface area contributed by atoms with Gasteiger partial charge >= 0.3 is 0 Å². The van der Waals surface area contributed by atoms with Crippen LogP contribution in [0.2, 0.25) is 0 Å². The van der Waals surface area contributed by atoms with Crippen LogP contribution in [-0.4, -0.2) is 40.1 Å². The Labute approximate surface area is 110 Å². The van der Waals surface area contributed by atoms with E-state index in [1.165, 1.54) is 32.1 Å². The van der Waals surface area contributed by atoms with Gasteiger partial charge in [0.15, 0.2) is 0 Å². The van der Waals surface area contributed by atoms with Gasteiger partial charge in [-0.05, 0) is 26.9 Å². The summed E-state index contributed by atoms with van der Waals surface area (Å²) in [6.45, 7) is 0. The fourth-order valence-electron chi connectivity index (χ4n) is 3.29. The van der Waals surface area contributed by atoms with Gasteiger partial charge in [-0.2, -0.15) is 0 Å². The minimum atomic E-state index is 0.157. The molecule has 0 aromatic carbocycles. The lowest BCUT2D eigenvalue weighted by Gasteiger charge is -2.47. The van der Waals surface area contributed by atoms with Crippen molar-refractivity contribution in [3.63, 3.8) is 0 Å². The van der Waals surface area contributed by atoms with Gasteiger partial charge in [0.05, 0.1) is 0 Å². The molecular formula is C14H26N4. The van der Waals surface area contributed by atoms with Crippen LogP contribution in [0.4, 0.5) is 0 Å². The summed E-state index contributed by atoms with van der Waals surface area (Å²) < 4.78 is 2.08. The van der Waals surface area contributed by atoms with Gasteiger partial charge in [0, 0.05) is 37.4 Å². The Kier molecular flexibility index (Phi) is 4.07. The van der Waals surface area contributed by atoms with Crippen LogP contribution in [0.3, 0.4) is 0 Å². The van der Waals surface area contributed by atoms with Crippen LogP contribution in [0.15, 0.2) is 12.4 Å². The molecular weight excluding hydrogens is 224 g/mol.